The first-order chi connectivity index (χ1) is 7.27. The molecule has 3 nitrogen and oxygen atoms in total. The summed E-state index contributed by atoms with van der Waals surface area (Å²) in [6, 6.07) is 14.1. The van der Waals surface area contributed by atoms with Gasteiger partial charge < -0.3 is 5.73 Å². The van der Waals surface area contributed by atoms with E-state index >= 15 is 0 Å². The zero-order valence-corrected chi connectivity index (χ0v) is 8.84. The Morgan fingerprint density at radius 3 is 2.60 bits per heavy atom. The fourth-order valence-corrected chi connectivity index (χ4v) is 1.51. The summed E-state index contributed by atoms with van der Waals surface area (Å²) >= 11 is 4.72. The molecule has 2 aromatic carbocycles. The van der Waals surface area contributed by atoms with Gasteiger partial charge in [0.2, 0.25) is 0 Å². The fraction of sp³-hybridized carbons (Fsp3) is 0. The summed E-state index contributed by atoms with van der Waals surface area (Å²) in [4.78, 5) is 0. The van der Waals surface area contributed by atoms with E-state index in [0.29, 0.717) is 0 Å². The summed E-state index contributed by atoms with van der Waals surface area (Å²) in [6.45, 7) is 0. The van der Waals surface area contributed by atoms with Gasteiger partial charge in [-0.1, -0.05) is 36.4 Å². The molecule has 0 atom stereocenters. The number of hydrogen-bond acceptors (Lipinski definition) is 2. The van der Waals surface area contributed by atoms with Gasteiger partial charge in [-0.15, -0.1) is 0 Å². The average Bonchev–Trinajstić information content (AvgIpc) is 2.26. The Kier molecular flexibility index (Phi) is 2.69. The number of fused-ring (bicyclic) bond motifs is 1. The highest BCUT2D eigenvalue weighted by Gasteiger charge is 1.98. The molecule has 2 rings (SSSR count). The zero-order valence-electron chi connectivity index (χ0n) is 8.03. The SMILES string of the molecule is NC(=S)NNc1cccc2ccccc12. The van der Waals surface area contributed by atoms with Crippen molar-refractivity contribution >= 4 is 33.8 Å². The van der Waals surface area contributed by atoms with Crippen LogP contribution in [0.25, 0.3) is 10.8 Å². The molecule has 0 aliphatic rings. The molecular weight excluding hydrogens is 206 g/mol. The highest BCUT2D eigenvalue weighted by Crippen LogP contribution is 2.21. The van der Waals surface area contributed by atoms with Gasteiger partial charge in [-0.25, -0.2) is 0 Å². The monoisotopic (exact) mass is 217 g/mol. The molecule has 76 valence electrons. The van der Waals surface area contributed by atoms with Crippen LogP contribution in [0.2, 0.25) is 0 Å². The predicted octanol–water partition coefficient (Wildman–Crippen LogP) is 2.00. The molecule has 0 fully saturated rings. The number of nitrogens with one attached hydrogen (secondary N) is 2. The van der Waals surface area contributed by atoms with Crippen LogP contribution >= 0.6 is 12.2 Å². The smallest absolute Gasteiger partial charge is 0.182 e. The molecule has 4 heteroatoms. The van der Waals surface area contributed by atoms with Gasteiger partial charge in [0, 0.05) is 5.39 Å². The Labute approximate surface area is 93.2 Å². The molecule has 2 aromatic rings. The normalized spacial score (nSPS) is 9.87. The van der Waals surface area contributed by atoms with Crippen molar-refractivity contribution in [2.24, 2.45) is 5.73 Å². The van der Waals surface area contributed by atoms with Gasteiger partial charge in [-0.3, -0.25) is 10.9 Å². The van der Waals surface area contributed by atoms with Crippen molar-refractivity contribution in [3.8, 4) is 0 Å². The van der Waals surface area contributed by atoms with Crippen molar-refractivity contribution in [1.82, 2.24) is 5.43 Å². The standard InChI is InChI=1S/C11H11N3S/c12-11(15)14-13-10-7-3-5-8-4-1-2-6-9(8)10/h1-7,13H,(H3,12,14,15). The van der Waals surface area contributed by atoms with Gasteiger partial charge in [0.25, 0.3) is 0 Å². The Hall–Kier alpha value is -1.81. The van der Waals surface area contributed by atoms with Gasteiger partial charge in [0.05, 0.1) is 5.69 Å². The molecule has 0 unspecified atom stereocenters. The second-order valence-corrected chi connectivity index (χ2v) is 3.58. The molecule has 0 bridgehead atoms. The van der Waals surface area contributed by atoms with E-state index in [1.165, 1.54) is 5.39 Å². The minimum atomic E-state index is 0.225. The average molecular weight is 217 g/mol. The summed E-state index contributed by atoms with van der Waals surface area (Å²) < 4.78 is 0. The lowest BCUT2D eigenvalue weighted by molar-refractivity contribution is 1.13. The van der Waals surface area contributed by atoms with Crippen molar-refractivity contribution in [3.63, 3.8) is 0 Å². The van der Waals surface area contributed by atoms with Crippen LogP contribution in [0.15, 0.2) is 42.5 Å². The van der Waals surface area contributed by atoms with Gasteiger partial charge >= 0.3 is 0 Å². The van der Waals surface area contributed by atoms with Crippen LogP contribution in [0.1, 0.15) is 0 Å². The van der Waals surface area contributed by atoms with Crippen LogP contribution in [-0.2, 0) is 0 Å². The molecule has 15 heavy (non-hydrogen) atoms. The lowest BCUT2D eigenvalue weighted by Gasteiger charge is -2.10. The quantitative estimate of drug-likeness (QED) is 0.532. The molecule has 0 amide bonds. The number of hydrogen-bond donors (Lipinski definition) is 3. The Bertz CT molecular complexity index is 491. The third kappa shape index (κ3) is 2.16. The maximum absolute atomic E-state index is 5.34. The van der Waals surface area contributed by atoms with Crippen LogP contribution < -0.4 is 16.6 Å². The molecule has 0 saturated carbocycles. The minimum Gasteiger partial charge on any atom is -0.375 e. The molecule has 0 saturated heterocycles. The van der Waals surface area contributed by atoms with E-state index < -0.39 is 0 Å². The topological polar surface area (TPSA) is 50.1 Å². The van der Waals surface area contributed by atoms with Gasteiger partial charge in [-0.05, 0) is 23.7 Å². The highest BCUT2D eigenvalue weighted by molar-refractivity contribution is 7.80. The third-order valence-corrected chi connectivity index (χ3v) is 2.21. The van der Waals surface area contributed by atoms with Crippen molar-refractivity contribution in [1.29, 1.82) is 0 Å². The summed E-state index contributed by atoms with van der Waals surface area (Å²) in [5, 5.41) is 2.53. The second-order valence-electron chi connectivity index (χ2n) is 3.14. The van der Waals surface area contributed by atoms with Crippen molar-refractivity contribution in [2.75, 3.05) is 5.43 Å². The number of anilines is 1. The van der Waals surface area contributed by atoms with E-state index in [4.69, 9.17) is 18.0 Å². The number of benzene rings is 2. The Morgan fingerprint density at radius 2 is 1.80 bits per heavy atom. The third-order valence-electron chi connectivity index (χ3n) is 2.11. The Balaban J connectivity index is 2.38. The lowest BCUT2D eigenvalue weighted by atomic mass is 10.1. The zero-order chi connectivity index (χ0) is 10.7. The molecule has 0 aromatic heterocycles. The van der Waals surface area contributed by atoms with E-state index in [1.807, 2.05) is 30.3 Å². The summed E-state index contributed by atoms with van der Waals surface area (Å²) in [7, 11) is 0. The van der Waals surface area contributed by atoms with Gasteiger partial charge in [-0.2, -0.15) is 0 Å². The molecule has 0 heterocycles. The van der Waals surface area contributed by atoms with Gasteiger partial charge in [0.1, 0.15) is 0 Å². The molecular formula is C11H11N3S. The lowest BCUT2D eigenvalue weighted by Crippen LogP contribution is -2.33. The van der Waals surface area contributed by atoms with E-state index in [2.05, 4.69) is 23.0 Å². The fourth-order valence-electron chi connectivity index (χ4n) is 1.46. The largest absolute Gasteiger partial charge is 0.375 e. The minimum absolute atomic E-state index is 0.225. The summed E-state index contributed by atoms with van der Waals surface area (Å²) in [6.07, 6.45) is 0. The van der Waals surface area contributed by atoms with Crippen LogP contribution in [0.4, 0.5) is 5.69 Å². The Morgan fingerprint density at radius 1 is 1.07 bits per heavy atom. The molecule has 0 aliphatic heterocycles. The van der Waals surface area contributed by atoms with E-state index in [1.54, 1.807) is 0 Å². The number of hydrazine groups is 1. The maximum atomic E-state index is 5.34. The van der Waals surface area contributed by atoms with E-state index in [-0.39, 0.29) is 5.11 Å². The first-order valence-electron chi connectivity index (χ1n) is 4.56. The van der Waals surface area contributed by atoms with Crippen molar-refractivity contribution < 1.29 is 0 Å². The summed E-state index contributed by atoms with van der Waals surface area (Å²) in [5.74, 6) is 0. The highest BCUT2D eigenvalue weighted by atomic mass is 32.1. The van der Waals surface area contributed by atoms with Crippen molar-refractivity contribution in [3.05, 3.63) is 42.5 Å². The van der Waals surface area contributed by atoms with Crippen LogP contribution in [0.5, 0.6) is 0 Å². The van der Waals surface area contributed by atoms with Gasteiger partial charge in [0.15, 0.2) is 5.11 Å². The predicted molar refractivity (Wildman–Crippen MR) is 67.5 cm³/mol. The second kappa shape index (κ2) is 4.14. The van der Waals surface area contributed by atoms with Crippen LogP contribution in [-0.4, -0.2) is 5.11 Å². The first-order valence-corrected chi connectivity index (χ1v) is 4.97. The maximum Gasteiger partial charge on any atom is 0.182 e. The number of rotatable bonds is 2. The first kappa shape index (κ1) is 9.73. The van der Waals surface area contributed by atoms with Crippen molar-refractivity contribution in [2.45, 2.75) is 0 Å². The van der Waals surface area contributed by atoms with E-state index in [0.717, 1.165) is 11.1 Å². The molecule has 0 aliphatic carbocycles. The number of nitrogens with two attached hydrogens (primary N) is 1. The van der Waals surface area contributed by atoms with Crippen LogP contribution in [0, 0.1) is 0 Å². The van der Waals surface area contributed by atoms with Crippen LogP contribution in [0.3, 0.4) is 0 Å². The number of thiocarbonyl (C=S) groups is 1. The molecule has 4 N–H and O–H groups in total. The molecule has 0 spiro atoms. The summed E-state index contributed by atoms with van der Waals surface area (Å²) in [5.41, 5.74) is 12.0. The van der Waals surface area contributed by atoms with E-state index in [9.17, 15) is 0 Å². The molecule has 0 radical (unpaired) electrons.